The molecular weight excluding hydrogens is 252 g/mol. The van der Waals surface area contributed by atoms with E-state index in [1.807, 2.05) is 49.3 Å². The Morgan fingerprint density at radius 3 is 2.65 bits per heavy atom. The maximum absolute atomic E-state index is 12.0. The lowest BCUT2D eigenvalue weighted by Gasteiger charge is -2.29. The minimum atomic E-state index is -0.375. The van der Waals surface area contributed by atoms with Gasteiger partial charge in [-0.3, -0.25) is 4.79 Å². The summed E-state index contributed by atoms with van der Waals surface area (Å²) in [4.78, 5) is 15.8. The molecule has 20 heavy (non-hydrogen) atoms. The summed E-state index contributed by atoms with van der Waals surface area (Å²) in [7, 11) is 3.99. The topological polar surface area (TPSA) is 43.8 Å². The molecule has 1 amide bonds. The summed E-state index contributed by atoms with van der Waals surface area (Å²) >= 11 is 0. The number of carbonyl (C=O) groups excluding carboxylic acids is 1. The summed E-state index contributed by atoms with van der Waals surface area (Å²) in [6.07, 6.45) is 4.70. The van der Waals surface area contributed by atoms with Crippen LogP contribution in [-0.2, 0) is 4.79 Å². The molecule has 1 saturated heterocycles. The molecule has 0 bridgehead atoms. The van der Waals surface area contributed by atoms with E-state index in [0.717, 1.165) is 30.6 Å². The molecular formula is C16H22N2O2. The average Bonchev–Trinajstić information content (AvgIpc) is 2.45. The zero-order chi connectivity index (χ0) is 14.5. The number of aliphatic hydroxyl groups excluding tert-OH is 1. The van der Waals surface area contributed by atoms with Crippen molar-refractivity contribution in [3.05, 3.63) is 35.9 Å². The van der Waals surface area contributed by atoms with Gasteiger partial charge >= 0.3 is 0 Å². The van der Waals surface area contributed by atoms with Crippen molar-refractivity contribution < 1.29 is 9.90 Å². The van der Waals surface area contributed by atoms with E-state index in [4.69, 9.17) is 0 Å². The van der Waals surface area contributed by atoms with Crippen molar-refractivity contribution in [3.63, 3.8) is 0 Å². The Morgan fingerprint density at radius 2 is 2.05 bits per heavy atom. The molecule has 108 valence electrons. The second-order valence-electron chi connectivity index (χ2n) is 5.40. The van der Waals surface area contributed by atoms with Crippen LogP contribution in [0.3, 0.4) is 0 Å². The van der Waals surface area contributed by atoms with Gasteiger partial charge in [0.2, 0.25) is 5.91 Å². The van der Waals surface area contributed by atoms with Crippen molar-refractivity contribution in [2.75, 3.05) is 32.1 Å². The monoisotopic (exact) mass is 274 g/mol. The minimum absolute atomic E-state index is 0.0274. The number of anilines is 1. The largest absolute Gasteiger partial charge is 0.391 e. The molecule has 0 aliphatic carbocycles. The maximum atomic E-state index is 12.0. The fourth-order valence-corrected chi connectivity index (χ4v) is 2.31. The van der Waals surface area contributed by atoms with Gasteiger partial charge < -0.3 is 14.9 Å². The Kier molecular flexibility index (Phi) is 4.79. The van der Waals surface area contributed by atoms with E-state index in [0.29, 0.717) is 6.54 Å². The highest BCUT2D eigenvalue weighted by atomic mass is 16.3. The molecule has 0 spiro atoms. The van der Waals surface area contributed by atoms with Gasteiger partial charge in [0.15, 0.2) is 0 Å². The lowest BCUT2D eigenvalue weighted by molar-refractivity contribution is -0.128. The predicted molar refractivity (Wildman–Crippen MR) is 81.6 cm³/mol. The molecule has 0 radical (unpaired) electrons. The van der Waals surface area contributed by atoms with E-state index >= 15 is 0 Å². The summed E-state index contributed by atoms with van der Waals surface area (Å²) in [5.74, 6) is -0.0274. The molecule has 0 saturated carbocycles. The van der Waals surface area contributed by atoms with Crippen molar-refractivity contribution >= 4 is 17.7 Å². The highest BCUT2D eigenvalue weighted by molar-refractivity contribution is 5.91. The van der Waals surface area contributed by atoms with Crippen molar-refractivity contribution in [1.82, 2.24) is 4.90 Å². The van der Waals surface area contributed by atoms with Crippen LogP contribution in [-0.4, -0.2) is 49.2 Å². The lowest BCUT2D eigenvalue weighted by atomic mass is 10.1. The zero-order valence-electron chi connectivity index (χ0n) is 12.1. The number of rotatable bonds is 3. The number of piperidine rings is 1. The molecule has 4 heteroatoms. The molecule has 0 unspecified atom stereocenters. The molecule has 2 rings (SSSR count). The second-order valence-corrected chi connectivity index (χ2v) is 5.40. The summed E-state index contributed by atoms with van der Waals surface area (Å²) < 4.78 is 0. The van der Waals surface area contributed by atoms with E-state index in [9.17, 15) is 9.90 Å². The first-order valence-electron chi connectivity index (χ1n) is 6.98. The van der Waals surface area contributed by atoms with Crippen LogP contribution in [0, 0.1) is 0 Å². The van der Waals surface area contributed by atoms with Crippen molar-refractivity contribution in [1.29, 1.82) is 0 Å². The van der Waals surface area contributed by atoms with Crippen molar-refractivity contribution in [2.45, 2.75) is 18.9 Å². The number of benzene rings is 1. The van der Waals surface area contributed by atoms with E-state index < -0.39 is 0 Å². The third kappa shape index (κ3) is 3.84. The SMILES string of the molecule is CN(C)c1ccc(/C=C/C(=O)N2CCC[C@H](O)C2)cc1. The highest BCUT2D eigenvalue weighted by Crippen LogP contribution is 2.14. The molecule has 1 fully saturated rings. The number of carbonyl (C=O) groups is 1. The molecule has 1 aliphatic heterocycles. The summed E-state index contributed by atoms with van der Waals surface area (Å²) in [5, 5.41) is 9.57. The zero-order valence-corrected chi connectivity index (χ0v) is 12.1. The molecule has 1 aromatic rings. The number of aliphatic hydroxyl groups is 1. The van der Waals surface area contributed by atoms with Crippen LogP contribution < -0.4 is 4.90 Å². The molecule has 0 aromatic heterocycles. The standard InChI is InChI=1S/C16H22N2O2/c1-17(2)14-8-5-13(6-9-14)7-10-16(20)18-11-3-4-15(19)12-18/h5-10,15,19H,3-4,11-12H2,1-2H3/b10-7+/t15-/m0/s1. The van der Waals surface area contributed by atoms with Crippen molar-refractivity contribution in [3.8, 4) is 0 Å². The van der Waals surface area contributed by atoms with Crippen LogP contribution >= 0.6 is 0 Å². The van der Waals surface area contributed by atoms with Gasteiger partial charge in [0, 0.05) is 38.9 Å². The van der Waals surface area contributed by atoms with E-state index in [1.54, 1.807) is 11.0 Å². The second kappa shape index (κ2) is 6.57. The molecule has 1 atom stereocenters. The van der Waals surface area contributed by atoms with Gasteiger partial charge in [-0.2, -0.15) is 0 Å². The van der Waals surface area contributed by atoms with E-state index in [-0.39, 0.29) is 12.0 Å². The molecule has 4 nitrogen and oxygen atoms in total. The Labute approximate surface area is 120 Å². The summed E-state index contributed by atoms with van der Waals surface area (Å²) in [6.45, 7) is 1.18. The number of β-amino-alcohol motifs (C(OH)–C–C–N with tert-alkyl or cyclic N) is 1. The minimum Gasteiger partial charge on any atom is -0.391 e. The van der Waals surface area contributed by atoms with Gasteiger partial charge in [-0.15, -0.1) is 0 Å². The normalized spacial score (nSPS) is 19.4. The van der Waals surface area contributed by atoms with Crippen LogP contribution in [0.2, 0.25) is 0 Å². The fourth-order valence-electron chi connectivity index (χ4n) is 2.31. The Bertz CT molecular complexity index is 480. The van der Waals surface area contributed by atoms with Crippen LogP contribution in [0.25, 0.3) is 6.08 Å². The van der Waals surface area contributed by atoms with Gasteiger partial charge in [-0.25, -0.2) is 0 Å². The van der Waals surface area contributed by atoms with Crippen LogP contribution in [0.5, 0.6) is 0 Å². The predicted octanol–water partition coefficient (Wildman–Crippen LogP) is 1.75. The first kappa shape index (κ1) is 14.6. The number of likely N-dealkylation sites (tertiary alicyclic amines) is 1. The summed E-state index contributed by atoms with van der Waals surface area (Å²) in [5.41, 5.74) is 2.13. The number of nitrogens with zero attached hydrogens (tertiary/aromatic N) is 2. The average molecular weight is 274 g/mol. The molecule has 1 N–H and O–H groups in total. The number of hydrogen-bond donors (Lipinski definition) is 1. The van der Waals surface area contributed by atoms with Crippen LogP contribution in [0.4, 0.5) is 5.69 Å². The quantitative estimate of drug-likeness (QED) is 0.854. The smallest absolute Gasteiger partial charge is 0.246 e. The molecule has 1 aromatic carbocycles. The van der Waals surface area contributed by atoms with Gasteiger partial charge in [-0.1, -0.05) is 12.1 Å². The van der Waals surface area contributed by atoms with Crippen molar-refractivity contribution in [2.24, 2.45) is 0 Å². The molecule has 1 aliphatic rings. The van der Waals surface area contributed by atoms with Gasteiger partial charge in [0.25, 0.3) is 0 Å². The van der Waals surface area contributed by atoms with E-state index in [2.05, 4.69) is 0 Å². The summed E-state index contributed by atoms with van der Waals surface area (Å²) in [6, 6.07) is 8.03. The first-order valence-corrected chi connectivity index (χ1v) is 6.98. The Balaban J connectivity index is 1.96. The van der Waals surface area contributed by atoms with E-state index in [1.165, 1.54) is 0 Å². The Hall–Kier alpha value is -1.81. The Morgan fingerprint density at radius 1 is 1.35 bits per heavy atom. The van der Waals surface area contributed by atoms with Gasteiger partial charge in [0.05, 0.1) is 6.10 Å². The van der Waals surface area contributed by atoms with Crippen LogP contribution in [0.1, 0.15) is 18.4 Å². The third-order valence-electron chi connectivity index (χ3n) is 3.54. The first-order chi connectivity index (χ1) is 9.56. The number of amides is 1. The fraction of sp³-hybridized carbons (Fsp3) is 0.438. The van der Waals surface area contributed by atoms with Crippen LogP contribution in [0.15, 0.2) is 30.3 Å². The number of hydrogen-bond acceptors (Lipinski definition) is 3. The lowest BCUT2D eigenvalue weighted by Crippen LogP contribution is -2.41. The van der Waals surface area contributed by atoms with Gasteiger partial charge in [0.1, 0.15) is 0 Å². The highest BCUT2D eigenvalue weighted by Gasteiger charge is 2.20. The molecule has 1 heterocycles. The third-order valence-corrected chi connectivity index (χ3v) is 3.54. The van der Waals surface area contributed by atoms with Gasteiger partial charge in [-0.05, 0) is 36.6 Å². The maximum Gasteiger partial charge on any atom is 0.246 e.